The molecule has 1 aromatic heterocycles. The second-order valence-corrected chi connectivity index (χ2v) is 7.93. The third-order valence-electron chi connectivity index (χ3n) is 3.15. The zero-order valence-electron chi connectivity index (χ0n) is 14.8. The lowest BCUT2D eigenvalue weighted by molar-refractivity contribution is 0.0640. The van der Waals surface area contributed by atoms with Gasteiger partial charge in [0.25, 0.3) is 0 Å². The molecule has 0 amide bonds. The molecule has 0 radical (unpaired) electrons. The molecule has 1 aromatic carbocycles. The molecular weight excluding hydrogens is 457 g/mol. The van der Waals surface area contributed by atoms with Crippen molar-refractivity contribution in [2.24, 2.45) is 5.10 Å². The van der Waals surface area contributed by atoms with Gasteiger partial charge in [-0.25, -0.2) is 17.8 Å². The van der Waals surface area contributed by atoms with E-state index in [1.165, 1.54) is 19.3 Å². The first-order valence-electron chi connectivity index (χ1n) is 7.53. The Labute approximate surface area is 173 Å². The summed E-state index contributed by atoms with van der Waals surface area (Å²) in [5.41, 5.74) is 0.996. The van der Waals surface area contributed by atoms with Crippen LogP contribution in [-0.4, -0.2) is 35.2 Å². The van der Waals surface area contributed by atoms with E-state index in [1.54, 1.807) is 12.3 Å². The van der Waals surface area contributed by atoms with E-state index in [2.05, 4.69) is 25.3 Å². The minimum absolute atomic E-state index is 0.0257. The lowest BCUT2D eigenvalue weighted by Crippen LogP contribution is -2.25. The van der Waals surface area contributed by atoms with Crippen LogP contribution in [0.3, 0.4) is 0 Å². The van der Waals surface area contributed by atoms with E-state index in [-0.39, 0.29) is 31.8 Å². The van der Waals surface area contributed by atoms with Crippen LogP contribution in [0.25, 0.3) is 5.69 Å². The number of nitrogens with zero attached hydrogens (tertiary/aromatic N) is 4. The number of anilines is 1. The summed E-state index contributed by atoms with van der Waals surface area (Å²) in [4.78, 5) is 16.5. The van der Waals surface area contributed by atoms with Crippen molar-refractivity contribution in [3.05, 3.63) is 50.8 Å². The third kappa shape index (κ3) is 5.92. The lowest BCUT2D eigenvalue weighted by Gasteiger charge is -2.10. The predicted octanol–water partition coefficient (Wildman–Crippen LogP) is 2.44. The van der Waals surface area contributed by atoms with Gasteiger partial charge in [-0.1, -0.05) is 23.2 Å². The fourth-order valence-corrected chi connectivity index (χ4v) is 3.18. The van der Waals surface area contributed by atoms with Gasteiger partial charge in [0.1, 0.15) is 12.1 Å². The normalized spacial score (nSPS) is 12.8. The number of rotatable bonds is 4. The van der Waals surface area contributed by atoms with Gasteiger partial charge in [-0.2, -0.15) is 18.6 Å². The van der Waals surface area contributed by atoms with E-state index in [4.69, 9.17) is 23.2 Å². The number of halogens is 4. The fourth-order valence-electron chi connectivity index (χ4n) is 2.04. The minimum Gasteiger partial charge on any atom is -0.373 e. The molecule has 15 heteroatoms. The number of nitrogens with one attached hydrogen (secondary N) is 2. The minimum atomic E-state index is -3.65. The number of aromatic nitrogens is 3. The van der Waals surface area contributed by atoms with Gasteiger partial charge in [-0.15, -0.1) is 10.7 Å². The van der Waals surface area contributed by atoms with Crippen molar-refractivity contribution < 1.29 is 22.0 Å². The van der Waals surface area contributed by atoms with Crippen molar-refractivity contribution in [1.82, 2.24) is 19.9 Å². The largest absolute Gasteiger partial charge is 0.373 e. The summed E-state index contributed by atoms with van der Waals surface area (Å²) in [6.07, 6.45) is 5.70. The summed E-state index contributed by atoms with van der Waals surface area (Å²) < 4.78 is 51.3. The monoisotopic (exact) mass is 470 g/mol. The van der Waals surface area contributed by atoms with Crippen molar-refractivity contribution in [2.45, 2.75) is 13.5 Å². The van der Waals surface area contributed by atoms with Gasteiger partial charge in [-0.3, -0.25) is 4.72 Å². The quantitative estimate of drug-likeness (QED) is 0.707. The molecule has 0 spiro atoms. The number of alkyl halides is 2. The second kappa shape index (κ2) is 9.24. The highest BCUT2D eigenvalue weighted by molar-refractivity contribution is 7.92. The van der Waals surface area contributed by atoms with Crippen molar-refractivity contribution in [3.8, 4) is 5.69 Å². The maximum absolute atomic E-state index is 12.8. The highest BCUT2D eigenvalue weighted by atomic mass is 35.5. The van der Waals surface area contributed by atoms with Crippen LogP contribution in [0.4, 0.5) is 14.5 Å². The average molecular weight is 471 g/mol. The Hall–Kier alpha value is -2.64. The van der Waals surface area contributed by atoms with Crippen LogP contribution in [0.15, 0.2) is 34.4 Å². The molecule has 29 heavy (non-hydrogen) atoms. The number of hydrogen-bond acceptors (Lipinski definition) is 7. The average Bonchev–Trinajstić information content (AvgIpc) is 2.92. The topological polar surface area (TPSA) is 120 Å². The Kier molecular flexibility index (Phi) is 7.21. The maximum atomic E-state index is 12.8. The molecular formula is C14H14Cl2F2N6O4S. The number of hydrogen-bond donors (Lipinski definition) is 2. The molecule has 0 bridgehead atoms. The van der Waals surface area contributed by atoms with Gasteiger partial charge in [0.05, 0.1) is 33.9 Å². The van der Waals surface area contributed by atoms with Crippen LogP contribution in [-0.2, 0) is 14.9 Å². The Morgan fingerprint density at radius 1 is 1.28 bits per heavy atom. The van der Waals surface area contributed by atoms with Crippen LogP contribution < -0.4 is 16.0 Å². The Morgan fingerprint density at radius 2 is 1.97 bits per heavy atom. The molecule has 0 saturated carbocycles. The van der Waals surface area contributed by atoms with Crippen LogP contribution in [0, 0.1) is 6.92 Å². The summed E-state index contributed by atoms with van der Waals surface area (Å²) in [7, 11) is -3.65. The highest BCUT2D eigenvalue weighted by Gasteiger charge is 2.21. The van der Waals surface area contributed by atoms with Crippen molar-refractivity contribution in [2.75, 3.05) is 11.0 Å². The van der Waals surface area contributed by atoms with Gasteiger partial charge < -0.3 is 4.84 Å². The summed E-state index contributed by atoms with van der Waals surface area (Å²) in [6, 6.07) is 2.31. The Balaban J connectivity index is 0.000000426. The van der Waals surface area contributed by atoms with Crippen LogP contribution in [0.5, 0.6) is 0 Å². The lowest BCUT2D eigenvalue weighted by atomic mass is 10.3. The zero-order chi connectivity index (χ0) is 21.8. The molecule has 0 aliphatic carbocycles. The predicted molar refractivity (Wildman–Crippen MR) is 104 cm³/mol. The van der Waals surface area contributed by atoms with Gasteiger partial charge in [0.15, 0.2) is 0 Å². The van der Waals surface area contributed by atoms with Crippen molar-refractivity contribution in [3.63, 3.8) is 0 Å². The van der Waals surface area contributed by atoms with Gasteiger partial charge in [0.2, 0.25) is 10.0 Å². The SMILES string of the molecule is C1=CONN=C1.Cc1nn(-c2cc(NS(C)(=O)=O)c(Cl)cc2Cl)c(=O)n1C(F)F. The number of allylic oxidation sites excluding steroid dienone is 1. The Bertz CT molecular complexity index is 1100. The molecule has 0 fully saturated rings. The molecule has 3 rings (SSSR count). The van der Waals surface area contributed by atoms with Crippen LogP contribution in [0.1, 0.15) is 12.4 Å². The van der Waals surface area contributed by atoms with E-state index in [1.807, 2.05) is 0 Å². The van der Waals surface area contributed by atoms with Gasteiger partial charge in [-0.05, 0) is 25.1 Å². The fraction of sp³-hybridized carbons (Fsp3) is 0.214. The molecule has 1 aliphatic rings. The molecule has 10 nitrogen and oxygen atoms in total. The second-order valence-electron chi connectivity index (χ2n) is 5.36. The number of aryl methyl sites for hydroxylation is 1. The molecule has 0 atom stereocenters. The molecule has 1 aliphatic heterocycles. The van der Waals surface area contributed by atoms with Gasteiger partial charge in [0, 0.05) is 0 Å². The number of hydrazone groups is 1. The third-order valence-corrected chi connectivity index (χ3v) is 4.35. The summed E-state index contributed by atoms with van der Waals surface area (Å²) in [5.74, 6) is -0.228. The smallest absolute Gasteiger partial charge is 0.355 e. The first-order chi connectivity index (χ1) is 13.5. The van der Waals surface area contributed by atoms with E-state index in [0.717, 1.165) is 12.3 Å². The molecule has 0 unspecified atom stereocenters. The molecule has 2 aromatic rings. The van der Waals surface area contributed by atoms with Gasteiger partial charge >= 0.3 is 12.2 Å². The summed E-state index contributed by atoms with van der Waals surface area (Å²) >= 11 is 11.8. The summed E-state index contributed by atoms with van der Waals surface area (Å²) in [5, 5.41) is 7.12. The molecule has 2 N–H and O–H groups in total. The molecule has 2 heterocycles. The van der Waals surface area contributed by atoms with E-state index in [0.29, 0.717) is 4.68 Å². The van der Waals surface area contributed by atoms with E-state index >= 15 is 0 Å². The van der Waals surface area contributed by atoms with Crippen LogP contribution in [0.2, 0.25) is 10.0 Å². The zero-order valence-corrected chi connectivity index (χ0v) is 17.1. The van der Waals surface area contributed by atoms with Crippen molar-refractivity contribution in [1.29, 1.82) is 0 Å². The Morgan fingerprint density at radius 3 is 2.38 bits per heavy atom. The number of benzene rings is 1. The molecule has 0 saturated heterocycles. The van der Waals surface area contributed by atoms with E-state index < -0.39 is 22.3 Å². The first kappa shape index (κ1) is 22.6. The number of sulfonamides is 1. The highest BCUT2D eigenvalue weighted by Crippen LogP contribution is 2.31. The van der Waals surface area contributed by atoms with E-state index in [9.17, 15) is 22.0 Å². The standard InChI is InChI=1S/C11H10Cl2F2N4O3S.C3H4N2O/c1-5-16-19(11(20)18(5)10(14)15)9-4-8(17-23(2,21)22)6(12)3-7(9)13;1-2-4-5-6-3-1/h3-4,10,17H,1-2H3;1-3,5H. The maximum Gasteiger partial charge on any atom is 0.355 e. The van der Waals surface area contributed by atoms with Crippen LogP contribution >= 0.6 is 23.2 Å². The van der Waals surface area contributed by atoms with Crippen molar-refractivity contribution >= 4 is 45.1 Å². The summed E-state index contributed by atoms with van der Waals surface area (Å²) in [6.45, 7) is -1.85. The first-order valence-corrected chi connectivity index (χ1v) is 10.2. The molecule has 158 valence electrons.